The van der Waals surface area contributed by atoms with Crippen LogP contribution in [0.2, 0.25) is 0 Å². The molecule has 1 rings (SSSR count). The molecule has 0 radical (unpaired) electrons. The zero-order valence-electron chi connectivity index (χ0n) is 14.5. The van der Waals surface area contributed by atoms with Gasteiger partial charge in [-0.15, -0.1) is 0 Å². The summed E-state index contributed by atoms with van der Waals surface area (Å²) < 4.78 is 5.62. The number of rotatable bonds is 10. The molecule has 2 unspecified atom stereocenters. The lowest BCUT2D eigenvalue weighted by Crippen LogP contribution is -2.39. The Bertz CT molecular complexity index is 305. The smallest absolute Gasteiger partial charge is 0.241 e. The SMILES string of the molecule is CCCC1NC(CC(C)C)N(CCCOCC(C)C)C1=O. The van der Waals surface area contributed by atoms with Gasteiger partial charge in [-0.3, -0.25) is 10.1 Å². The van der Waals surface area contributed by atoms with Gasteiger partial charge >= 0.3 is 0 Å². The zero-order chi connectivity index (χ0) is 15.8. The second-order valence-electron chi connectivity index (χ2n) is 7.01. The second-order valence-corrected chi connectivity index (χ2v) is 7.01. The first-order chi connectivity index (χ1) is 9.95. The van der Waals surface area contributed by atoms with E-state index in [1.165, 1.54) is 0 Å². The third-order valence-electron chi connectivity index (χ3n) is 3.76. The molecule has 1 fully saturated rings. The maximum absolute atomic E-state index is 12.5. The minimum atomic E-state index is 0.0235. The predicted octanol–water partition coefficient (Wildman–Crippen LogP) is 3.02. The Morgan fingerprint density at radius 3 is 2.52 bits per heavy atom. The third kappa shape index (κ3) is 6.35. The van der Waals surface area contributed by atoms with E-state index in [1.807, 2.05) is 4.90 Å². The van der Waals surface area contributed by atoms with Crippen LogP contribution in [0, 0.1) is 11.8 Å². The van der Waals surface area contributed by atoms with Crippen molar-refractivity contribution in [3.63, 3.8) is 0 Å². The lowest BCUT2D eigenvalue weighted by molar-refractivity contribution is -0.130. The molecular formula is C17H34N2O2. The first kappa shape index (κ1) is 18.4. The highest BCUT2D eigenvalue weighted by Gasteiger charge is 2.37. The third-order valence-corrected chi connectivity index (χ3v) is 3.76. The van der Waals surface area contributed by atoms with E-state index in [-0.39, 0.29) is 18.1 Å². The topological polar surface area (TPSA) is 41.6 Å². The highest BCUT2D eigenvalue weighted by molar-refractivity contribution is 5.84. The highest BCUT2D eigenvalue weighted by Crippen LogP contribution is 2.20. The number of hydrogen-bond donors (Lipinski definition) is 1. The van der Waals surface area contributed by atoms with Gasteiger partial charge in [-0.05, 0) is 31.1 Å². The van der Waals surface area contributed by atoms with Gasteiger partial charge in [-0.2, -0.15) is 0 Å². The van der Waals surface area contributed by atoms with Crippen LogP contribution >= 0.6 is 0 Å². The summed E-state index contributed by atoms with van der Waals surface area (Å²) in [5, 5.41) is 3.52. The van der Waals surface area contributed by atoms with Gasteiger partial charge in [0.05, 0.1) is 12.2 Å². The average Bonchev–Trinajstić information content (AvgIpc) is 2.66. The van der Waals surface area contributed by atoms with Crippen molar-refractivity contribution in [1.82, 2.24) is 10.2 Å². The molecule has 2 atom stereocenters. The summed E-state index contributed by atoms with van der Waals surface area (Å²) in [7, 11) is 0. The molecule has 0 bridgehead atoms. The lowest BCUT2D eigenvalue weighted by atomic mass is 10.1. The molecule has 0 spiro atoms. The van der Waals surface area contributed by atoms with Gasteiger partial charge in [0.15, 0.2) is 0 Å². The van der Waals surface area contributed by atoms with Crippen LogP contribution in [0.15, 0.2) is 0 Å². The van der Waals surface area contributed by atoms with Gasteiger partial charge in [-0.25, -0.2) is 0 Å². The van der Waals surface area contributed by atoms with Crippen molar-refractivity contribution in [3.05, 3.63) is 0 Å². The van der Waals surface area contributed by atoms with Gasteiger partial charge in [0.25, 0.3) is 0 Å². The number of nitrogens with one attached hydrogen (secondary N) is 1. The van der Waals surface area contributed by atoms with E-state index < -0.39 is 0 Å². The van der Waals surface area contributed by atoms with Crippen LogP contribution in [-0.4, -0.2) is 42.8 Å². The Morgan fingerprint density at radius 2 is 1.95 bits per heavy atom. The van der Waals surface area contributed by atoms with Gasteiger partial charge in [0.2, 0.25) is 5.91 Å². The van der Waals surface area contributed by atoms with Gasteiger partial charge in [0.1, 0.15) is 0 Å². The lowest BCUT2D eigenvalue weighted by Gasteiger charge is -2.25. The van der Waals surface area contributed by atoms with Crippen LogP contribution in [0.5, 0.6) is 0 Å². The summed E-state index contributed by atoms with van der Waals surface area (Å²) in [6.07, 6.45) is 4.14. The standard InChI is InChI=1S/C17H34N2O2/c1-6-8-15-17(20)19(16(18-15)11-13(2)3)9-7-10-21-12-14(4)5/h13-16,18H,6-12H2,1-5H3. The first-order valence-electron chi connectivity index (χ1n) is 8.60. The molecule has 0 aromatic heterocycles. The molecule has 1 aliphatic heterocycles. The van der Waals surface area contributed by atoms with Crippen LogP contribution in [0.3, 0.4) is 0 Å². The normalized spacial score (nSPS) is 22.8. The van der Waals surface area contributed by atoms with Crippen LogP contribution < -0.4 is 5.32 Å². The summed E-state index contributed by atoms with van der Waals surface area (Å²) in [5.74, 6) is 1.45. The summed E-state index contributed by atoms with van der Waals surface area (Å²) in [6.45, 7) is 13.2. The van der Waals surface area contributed by atoms with E-state index in [2.05, 4.69) is 39.9 Å². The molecule has 4 nitrogen and oxygen atoms in total. The van der Waals surface area contributed by atoms with Crippen molar-refractivity contribution in [2.75, 3.05) is 19.8 Å². The first-order valence-corrected chi connectivity index (χ1v) is 8.60. The number of ether oxygens (including phenoxy) is 1. The minimum Gasteiger partial charge on any atom is -0.381 e. The Kier molecular flexibility index (Phi) is 8.27. The molecule has 0 aromatic rings. The molecule has 124 valence electrons. The Hall–Kier alpha value is -0.610. The van der Waals surface area contributed by atoms with E-state index in [9.17, 15) is 4.79 Å². The fourth-order valence-corrected chi connectivity index (χ4v) is 2.81. The van der Waals surface area contributed by atoms with E-state index in [1.54, 1.807) is 0 Å². The largest absolute Gasteiger partial charge is 0.381 e. The maximum Gasteiger partial charge on any atom is 0.241 e. The quantitative estimate of drug-likeness (QED) is 0.630. The maximum atomic E-state index is 12.5. The van der Waals surface area contributed by atoms with E-state index >= 15 is 0 Å². The molecule has 4 heteroatoms. The van der Waals surface area contributed by atoms with Crippen LogP contribution in [0.4, 0.5) is 0 Å². The number of carbonyl (C=O) groups is 1. The summed E-state index contributed by atoms with van der Waals surface area (Å²) >= 11 is 0. The number of nitrogens with zero attached hydrogens (tertiary/aromatic N) is 1. The monoisotopic (exact) mass is 298 g/mol. The van der Waals surface area contributed by atoms with E-state index in [0.29, 0.717) is 11.8 Å². The zero-order valence-corrected chi connectivity index (χ0v) is 14.5. The predicted molar refractivity (Wildman–Crippen MR) is 87.1 cm³/mol. The number of carbonyl (C=O) groups excluding carboxylic acids is 1. The molecule has 1 aliphatic rings. The molecule has 0 aliphatic carbocycles. The van der Waals surface area contributed by atoms with E-state index in [0.717, 1.165) is 45.4 Å². The van der Waals surface area contributed by atoms with Crippen LogP contribution in [0.25, 0.3) is 0 Å². The number of amides is 1. The van der Waals surface area contributed by atoms with Gasteiger partial charge in [0, 0.05) is 19.8 Å². The van der Waals surface area contributed by atoms with Crippen molar-refractivity contribution < 1.29 is 9.53 Å². The molecule has 0 aromatic carbocycles. The van der Waals surface area contributed by atoms with Crippen molar-refractivity contribution in [1.29, 1.82) is 0 Å². The molecule has 1 N–H and O–H groups in total. The Morgan fingerprint density at radius 1 is 1.24 bits per heavy atom. The molecule has 1 amide bonds. The molecule has 1 heterocycles. The summed E-state index contributed by atoms with van der Waals surface area (Å²) in [5.41, 5.74) is 0. The summed E-state index contributed by atoms with van der Waals surface area (Å²) in [4.78, 5) is 14.5. The van der Waals surface area contributed by atoms with Crippen LogP contribution in [-0.2, 0) is 9.53 Å². The fraction of sp³-hybridized carbons (Fsp3) is 0.941. The minimum absolute atomic E-state index is 0.0235. The summed E-state index contributed by atoms with van der Waals surface area (Å²) in [6, 6.07) is 0.0235. The van der Waals surface area contributed by atoms with Crippen molar-refractivity contribution in [2.24, 2.45) is 11.8 Å². The number of hydrogen-bond acceptors (Lipinski definition) is 3. The van der Waals surface area contributed by atoms with E-state index in [4.69, 9.17) is 4.74 Å². The van der Waals surface area contributed by atoms with Gasteiger partial charge in [-0.1, -0.05) is 41.0 Å². The average molecular weight is 298 g/mol. The molecular weight excluding hydrogens is 264 g/mol. The van der Waals surface area contributed by atoms with Gasteiger partial charge < -0.3 is 9.64 Å². The molecule has 0 saturated carbocycles. The van der Waals surface area contributed by atoms with Crippen LogP contribution in [0.1, 0.15) is 60.3 Å². The van der Waals surface area contributed by atoms with Crippen molar-refractivity contribution >= 4 is 5.91 Å². The molecule has 21 heavy (non-hydrogen) atoms. The van der Waals surface area contributed by atoms with Crippen molar-refractivity contribution in [2.45, 2.75) is 72.5 Å². The Labute approximate surface area is 130 Å². The second kappa shape index (κ2) is 9.42. The highest BCUT2D eigenvalue weighted by atomic mass is 16.5. The molecule has 1 saturated heterocycles. The Balaban J connectivity index is 2.44. The van der Waals surface area contributed by atoms with Crippen molar-refractivity contribution in [3.8, 4) is 0 Å². The fourth-order valence-electron chi connectivity index (χ4n) is 2.81.